The minimum atomic E-state index is -0.0850. The van der Waals surface area contributed by atoms with E-state index in [9.17, 15) is 0 Å². The van der Waals surface area contributed by atoms with Gasteiger partial charge < -0.3 is 8.83 Å². The fourth-order valence-corrected chi connectivity index (χ4v) is 8.12. The fraction of sp³-hybridized carbons (Fsp3) is 0.0638. The summed E-state index contributed by atoms with van der Waals surface area (Å²) in [5, 5.41) is 4.00. The lowest BCUT2D eigenvalue weighted by molar-refractivity contribution is 0.619. The Morgan fingerprint density at radius 1 is 0.434 bits per heavy atom. The van der Waals surface area contributed by atoms with Crippen molar-refractivity contribution in [1.82, 2.24) is 19.9 Å². The Balaban J connectivity index is 1.12. The van der Waals surface area contributed by atoms with E-state index in [2.05, 4.69) is 80.6 Å². The third-order valence-electron chi connectivity index (χ3n) is 10.8. The van der Waals surface area contributed by atoms with Crippen LogP contribution in [0.4, 0.5) is 0 Å². The Hall–Kier alpha value is -6.92. The topological polar surface area (TPSA) is 77.8 Å². The van der Waals surface area contributed by atoms with Gasteiger partial charge in [0.1, 0.15) is 16.7 Å². The van der Waals surface area contributed by atoms with Gasteiger partial charge in [-0.2, -0.15) is 0 Å². The van der Waals surface area contributed by atoms with Crippen LogP contribution in [0, 0.1) is 0 Å². The molecule has 0 radical (unpaired) electrons. The van der Waals surface area contributed by atoms with E-state index >= 15 is 0 Å². The van der Waals surface area contributed by atoms with E-state index in [1.165, 1.54) is 22.3 Å². The molecule has 6 heteroatoms. The molecule has 0 N–H and O–H groups in total. The zero-order valence-corrected chi connectivity index (χ0v) is 29.0. The summed E-state index contributed by atoms with van der Waals surface area (Å²) in [4.78, 5) is 20.3. The number of hydrogen-bond donors (Lipinski definition) is 0. The maximum Gasteiger partial charge on any atom is 0.227 e. The van der Waals surface area contributed by atoms with Gasteiger partial charge >= 0.3 is 0 Å². The summed E-state index contributed by atoms with van der Waals surface area (Å²) in [6.07, 6.45) is 0. The van der Waals surface area contributed by atoms with Gasteiger partial charge in [-0.1, -0.05) is 117 Å². The van der Waals surface area contributed by atoms with Crippen molar-refractivity contribution in [3.05, 3.63) is 157 Å². The van der Waals surface area contributed by atoms with Crippen molar-refractivity contribution in [2.45, 2.75) is 19.3 Å². The predicted molar refractivity (Wildman–Crippen MR) is 211 cm³/mol. The van der Waals surface area contributed by atoms with Crippen LogP contribution in [0.3, 0.4) is 0 Å². The highest BCUT2D eigenvalue weighted by Gasteiger charge is 2.35. The molecule has 6 nitrogen and oxygen atoms in total. The Kier molecular flexibility index (Phi) is 6.20. The van der Waals surface area contributed by atoms with Gasteiger partial charge in [-0.25, -0.2) is 19.9 Å². The zero-order chi connectivity index (χ0) is 35.3. The number of furan rings is 1. The Labute approximate surface area is 304 Å². The summed E-state index contributed by atoms with van der Waals surface area (Å²) in [5.41, 5.74) is 11.7. The molecule has 7 aromatic carbocycles. The first-order valence-corrected chi connectivity index (χ1v) is 17.8. The first-order chi connectivity index (χ1) is 26.0. The van der Waals surface area contributed by atoms with Gasteiger partial charge in [-0.3, -0.25) is 0 Å². The fourth-order valence-electron chi connectivity index (χ4n) is 8.12. The summed E-state index contributed by atoms with van der Waals surface area (Å²) in [6, 6.07) is 49.8. The van der Waals surface area contributed by atoms with Crippen LogP contribution in [0.1, 0.15) is 25.0 Å². The average molecular weight is 683 g/mol. The Morgan fingerprint density at radius 2 is 1.02 bits per heavy atom. The minimum absolute atomic E-state index is 0.0850. The van der Waals surface area contributed by atoms with Gasteiger partial charge in [0.25, 0.3) is 0 Å². The van der Waals surface area contributed by atoms with Crippen LogP contribution in [0.5, 0.6) is 0 Å². The minimum Gasteiger partial charge on any atom is -0.456 e. The van der Waals surface area contributed by atoms with Crippen LogP contribution in [0.25, 0.3) is 101 Å². The molecule has 0 saturated heterocycles. The van der Waals surface area contributed by atoms with Crippen molar-refractivity contribution >= 4 is 43.8 Å². The number of rotatable bonds is 4. The molecule has 0 spiro atoms. The van der Waals surface area contributed by atoms with Crippen molar-refractivity contribution in [1.29, 1.82) is 0 Å². The molecule has 1 aliphatic carbocycles. The summed E-state index contributed by atoms with van der Waals surface area (Å²) >= 11 is 0. The van der Waals surface area contributed by atoms with Gasteiger partial charge in [0.05, 0.1) is 5.39 Å². The van der Waals surface area contributed by atoms with E-state index in [4.69, 9.17) is 28.8 Å². The van der Waals surface area contributed by atoms with Crippen molar-refractivity contribution < 1.29 is 8.83 Å². The third-order valence-corrected chi connectivity index (χ3v) is 10.8. The molecule has 0 amide bonds. The SMILES string of the molecule is CC1(C)c2ccccc2-c2cc(-c3nc(-c4ccccc4)nc(-c4ccc5ccc6oc7ccc8oc(-c9ccccc9)nc8c7c6c5c4)n3)ccc21. The van der Waals surface area contributed by atoms with Crippen LogP contribution in [0.15, 0.2) is 154 Å². The van der Waals surface area contributed by atoms with Gasteiger partial charge in [0, 0.05) is 33.1 Å². The average Bonchev–Trinajstić information content (AvgIpc) is 3.89. The number of oxazole rings is 1. The van der Waals surface area contributed by atoms with Crippen molar-refractivity contribution in [2.75, 3.05) is 0 Å². The molecular formula is C47H30N4O2. The van der Waals surface area contributed by atoms with Crippen molar-refractivity contribution in [2.24, 2.45) is 0 Å². The third kappa shape index (κ3) is 4.52. The molecule has 11 rings (SSSR count). The van der Waals surface area contributed by atoms with Gasteiger partial charge in [-0.15, -0.1) is 0 Å². The van der Waals surface area contributed by atoms with Crippen molar-refractivity contribution in [3.8, 4) is 56.7 Å². The molecule has 3 aromatic heterocycles. The smallest absolute Gasteiger partial charge is 0.227 e. The second-order valence-corrected chi connectivity index (χ2v) is 14.3. The predicted octanol–water partition coefficient (Wildman–Crippen LogP) is 12.0. The molecule has 0 unspecified atom stereocenters. The van der Waals surface area contributed by atoms with Crippen LogP contribution < -0.4 is 0 Å². The van der Waals surface area contributed by atoms with E-state index in [1.54, 1.807) is 0 Å². The lowest BCUT2D eigenvalue weighted by atomic mass is 9.82. The van der Waals surface area contributed by atoms with E-state index < -0.39 is 0 Å². The van der Waals surface area contributed by atoms with Gasteiger partial charge in [0.2, 0.25) is 5.89 Å². The second-order valence-electron chi connectivity index (χ2n) is 14.3. The van der Waals surface area contributed by atoms with E-state index in [1.807, 2.05) is 78.9 Å². The summed E-state index contributed by atoms with van der Waals surface area (Å²) in [5.74, 6) is 2.42. The maximum absolute atomic E-state index is 6.44. The highest BCUT2D eigenvalue weighted by molar-refractivity contribution is 6.25. The Morgan fingerprint density at radius 3 is 1.81 bits per heavy atom. The summed E-state index contributed by atoms with van der Waals surface area (Å²) < 4.78 is 12.7. The number of benzene rings is 7. The highest BCUT2D eigenvalue weighted by atomic mass is 16.4. The number of nitrogens with zero attached hydrogens (tertiary/aromatic N) is 4. The number of fused-ring (bicyclic) bond motifs is 10. The molecular weight excluding hydrogens is 653 g/mol. The first kappa shape index (κ1) is 29.8. The Bertz CT molecular complexity index is 3090. The first-order valence-electron chi connectivity index (χ1n) is 17.8. The lowest BCUT2D eigenvalue weighted by Gasteiger charge is -2.21. The van der Waals surface area contributed by atoms with E-state index in [0.717, 1.165) is 60.5 Å². The molecule has 0 aliphatic heterocycles. The van der Waals surface area contributed by atoms with Crippen molar-refractivity contribution in [3.63, 3.8) is 0 Å². The van der Waals surface area contributed by atoms with Crippen LogP contribution in [-0.2, 0) is 5.41 Å². The van der Waals surface area contributed by atoms with Crippen LogP contribution in [0.2, 0.25) is 0 Å². The van der Waals surface area contributed by atoms with Crippen LogP contribution in [-0.4, -0.2) is 19.9 Å². The molecule has 1 aliphatic rings. The molecule has 0 bridgehead atoms. The maximum atomic E-state index is 6.44. The standard InChI is InChI=1S/C47H30N4O2/c1-47(2)35-16-10-9-15-32(35)34-26-31(19-21-36(34)47)45-50-43(28-11-5-3-6-12-28)49-44(51-45)30-18-17-27-20-22-37-40(33(27)25-30)41-38(52-37)23-24-39-42(41)48-46(53-39)29-13-7-4-8-14-29/h3-26H,1-2H3. The normalized spacial score (nSPS) is 13.2. The van der Waals surface area contributed by atoms with E-state index in [-0.39, 0.29) is 5.41 Å². The molecule has 10 aromatic rings. The monoisotopic (exact) mass is 682 g/mol. The second kappa shape index (κ2) is 11.0. The van der Waals surface area contributed by atoms with Gasteiger partial charge in [0.15, 0.2) is 23.1 Å². The molecule has 0 atom stereocenters. The molecule has 250 valence electrons. The number of aromatic nitrogens is 4. The zero-order valence-electron chi connectivity index (χ0n) is 29.0. The van der Waals surface area contributed by atoms with E-state index in [0.29, 0.717) is 28.9 Å². The van der Waals surface area contributed by atoms with Gasteiger partial charge in [-0.05, 0) is 75.5 Å². The van der Waals surface area contributed by atoms with Crippen LogP contribution >= 0.6 is 0 Å². The quantitative estimate of drug-likeness (QED) is 0.184. The largest absolute Gasteiger partial charge is 0.456 e. The molecule has 0 saturated carbocycles. The highest BCUT2D eigenvalue weighted by Crippen LogP contribution is 2.49. The summed E-state index contributed by atoms with van der Waals surface area (Å²) in [6.45, 7) is 4.59. The molecule has 0 fully saturated rings. The molecule has 3 heterocycles. The molecule has 53 heavy (non-hydrogen) atoms. The lowest BCUT2D eigenvalue weighted by Crippen LogP contribution is -2.14. The summed E-state index contributed by atoms with van der Waals surface area (Å²) in [7, 11) is 0. The number of hydrogen-bond acceptors (Lipinski definition) is 6.